The van der Waals surface area contributed by atoms with Gasteiger partial charge in [-0.3, -0.25) is 9.89 Å². The fraction of sp³-hybridized carbons (Fsp3) is 0.812. The predicted molar refractivity (Wildman–Crippen MR) is 82.1 cm³/mol. The van der Waals surface area contributed by atoms with E-state index in [1.165, 1.54) is 6.42 Å². The molecule has 0 radical (unpaired) electrons. The van der Waals surface area contributed by atoms with Gasteiger partial charge in [-0.15, -0.1) is 0 Å². The van der Waals surface area contributed by atoms with Crippen LogP contribution in [-0.2, 0) is 4.79 Å². The summed E-state index contributed by atoms with van der Waals surface area (Å²) in [5, 5.41) is 17.8. The minimum absolute atomic E-state index is 0.0432. The first kappa shape index (κ1) is 15.5. The van der Waals surface area contributed by atoms with Gasteiger partial charge in [0.1, 0.15) is 5.82 Å². The number of nitrogens with zero attached hydrogens (tertiary/aromatic N) is 3. The number of aromatic amines is 1. The molecule has 2 aliphatic rings. The van der Waals surface area contributed by atoms with Gasteiger partial charge in [-0.05, 0) is 39.0 Å². The van der Waals surface area contributed by atoms with Crippen LogP contribution in [0, 0.1) is 6.92 Å². The lowest BCUT2D eigenvalue weighted by atomic mass is 9.82. The molecule has 1 saturated carbocycles. The predicted octanol–water partition coefficient (Wildman–Crippen LogP) is 2.25. The van der Waals surface area contributed by atoms with Crippen LogP contribution >= 0.6 is 0 Å². The number of hydrogen-bond acceptors (Lipinski definition) is 4. The van der Waals surface area contributed by atoms with Crippen molar-refractivity contribution in [2.45, 2.75) is 76.4 Å². The van der Waals surface area contributed by atoms with Crippen molar-refractivity contribution in [2.24, 2.45) is 0 Å². The molecule has 1 aromatic heterocycles. The van der Waals surface area contributed by atoms with Crippen molar-refractivity contribution in [3.63, 3.8) is 0 Å². The fourth-order valence-electron chi connectivity index (χ4n) is 3.78. The van der Waals surface area contributed by atoms with E-state index in [4.69, 9.17) is 0 Å². The highest BCUT2D eigenvalue weighted by Gasteiger charge is 2.37. The van der Waals surface area contributed by atoms with Crippen molar-refractivity contribution < 1.29 is 9.90 Å². The van der Waals surface area contributed by atoms with Crippen LogP contribution in [-0.4, -0.2) is 43.2 Å². The summed E-state index contributed by atoms with van der Waals surface area (Å²) in [5.41, 5.74) is -0.799. The van der Waals surface area contributed by atoms with Crippen LogP contribution in [0.3, 0.4) is 0 Å². The van der Waals surface area contributed by atoms with Crippen LogP contribution < -0.4 is 0 Å². The second kappa shape index (κ2) is 6.36. The molecule has 6 nitrogen and oxygen atoms in total. The highest BCUT2D eigenvalue weighted by atomic mass is 16.3. The zero-order chi connectivity index (χ0) is 15.6. The summed E-state index contributed by atoms with van der Waals surface area (Å²) in [4.78, 5) is 19.1. The van der Waals surface area contributed by atoms with Crippen molar-refractivity contribution in [1.29, 1.82) is 0 Å². The van der Waals surface area contributed by atoms with Crippen molar-refractivity contribution in [3.05, 3.63) is 11.6 Å². The average molecular weight is 306 g/mol. The number of piperidine rings is 1. The van der Waals surface area contributed by atoms with Gasteiger partial charge >= 0.3 is 0 Å². The Balaban J connectivity index is 1.71. The minimum Gasteiger partial charge on any atom is -0.389 e. The Labute approximate surface area is 131 Å². The van der Waals surface area contributed by atoms with Crippen LogP contribution in [0.2, 0.25) is 0 Å². The summed E-state index contributed by atoms with van der Waals surface area (Å²) in [6.45, 7) is 2.61. The molecule has 2 fully saturated rings. The molecule has 0 bridgehead atoms. The molecule has 22 heavy (non-hydrogen) atoms. The van der Waals surface area contributed by atoms with Gasteiger partial charge in [0, 0.05) is 6.54 Å². The number of hydrogen-bond donors (Lipinski definition) is 2. The van der Waals surface area contributed by atoms with Crippen LogP contribution in [0.25, 0.3) is 0 Å². The van der Waals surface area contributed by atoms with E-state index < -0.39 is 5.60 Å². The number of carbonyl (C=O) groups is 1. The lowest BCUT2D eigenvalue weighted by molar-refractivity contribution is -0.141. The van der Waals surface area contributed by atoms with Crippen LogP contribution in [0.4, 0.5) is 0 Å². The number of H-pyrrole nitrogens is 1. The molecule has 1 saturated heterocycles. The van der Waals surface area contributed by atoms with Gasteiger partial charge < -0.3 is 10.0 Å². The number of aliphatic hydroxyl groups is 1. The smallest absolute Gasteiger partial charge is 0.226 e. The molecule has 0 aromatic carbocycles. The fourth-order valence-corrected chi connectivity index (χ4v) is 3.78. The third kappa shape index (κ3) is 3.32. The number of carbonyl (C=O) groups excluding carboxylic acids is 1. The van der Waals surface area contributed by atoms with Gasteiger partial charge in [0.05, 0.1) is 18.1 Å². The molecule has 3 rings (SSSR count). The van der Waals surface area contributed by atoms with E-state index in [0.29, 0.717) is 5.82 Å². The molecule has 2 heterocycles. The topological polar surface area (TPSA) is 82.1 Å². The average Bonchev–Trinajstić information content (AvgIpc) is 2.94. The van der Waals surface area contributed by atoms with E-state index in [1.54, 1.807) is 0 Å². The van der Waals surface area contributed by atoms with Crippen molar-refractivity contribution in [2.75, 3.05) is 6.54 Å². The third-order valence-corrected chi connectivity index (χ3v) is 5.00. The first-order valence-electron chi connectivity index (χ1n) is 8.48. The maximum Gasteiger partial charge on any atom is 0.226 e. The molecule has 1 aliphatic heterocycles. The number of aromatic nitrogens is 3. The van der Waals surface area contributed by atoms with E-state index in [1.807, 2.05) is 11.8 Å². The molecule has 2 N–H and O–H groups in total. The molecule has 1 aromatic rings. The Morgan fingerprint density at radius 1 is 1.32 bits per heavy atom. The molecule has 6 heteroatoms. The summed E-state index contributed by atoms with van der Waals surface area (Å²) in [6, 6.07) is -0.0432. The highest BCUT2D eigenvalue weighted by Crippen LogP contribution is 2.34. The molecule has 122 valence electrons. The van der Waals surface area contributed by atoms with Gasteiger partial charge in [0.25, 0.3) is 0 Å². The number of nitrogens with one attached hydrogen (secondary N) is 1. The largest absolute Gasteiger partial charge is 0.389 e. The van der Waals surface area contributed by atoms with E-state index >= 15 is 0 Å². The number of likely N-dealkylation sites (tertiary alicyclic amines) is 1. The van der Waals surface area contributed by atoms with Crippen molar-refractivity contribution in [1.82, 2.24) is 20.1 Å². The quantitative estimate of drug-likeness (QED) is 0.897. The maximum absolute atomic E-state index is 12.8. The van der Waals surface area contributed by atoms with Crippen LogP contribution in [0.5, 0.6) is 0 Å². The van der Waals surface area contributed by atoms with Crippen LogP contribution in [0.1, 0.15) is 75.5 Å². The van der Waals surface area contributed by atoms with Gasteiger partial charge in [0.15, 0.2) is 5.82 Å². The summed E-state index contributed by atoms with van der Waals surface area (Å²) in [7, 11) is 0. The first-order chi connectivity index (χ1) is 10.6. The first-order valence-corrected chi connectivity index (χ1v) is 8.48. The van der Waals surface area contributed by atoms with Crippen molar-refractivity contribution in [3.8, 4) is 0 Å². The van der Waals surface area contributed by atoms with E-state index in [-0.39, 0.29) is 18.4 Å². The highest BCUT2D eigenvalue weighted by molar-refractivity contribution is 5.77. The normalized spacial score (nSPS) is 25.2. The summed E-state index contributed by atoms with van der Waals surface area (Å²) < 4.78 is 0. The van der Waals surface area contributed by atoms with Gasteiger partial charge in [0.2, 0.25) is 5.91 Å². The Hall–Kier alpha value is -1.43. The van der Waals surface area contributed by atoms with Crippen molar-refractivity contribution >= 4 is 5.91 Å². The molecule has 1 atom stereocenters. The molecule has 0 spiro atoms. The Bertz CT molecular complexity index is 522. The minimum atomic E-state index is -0.799. The third-order valence-electron chi connectivity index (χ3n) is 5.00. The second-order valence-corrected chi connectivity index (χ2v) is 6.84. The zero-order valence-corrected chi connectivity index (χ0v) is 13.3. The number of amides is 1. The summed E-state index contributed by atoms with van der Waals surface area (Å²) >= 11 is 0. The molecule has 1 amide bonds. The van der Waals surface area contributed by atoms with Gasteiger partial charge in [-0.2, -0.15) is 5.10 Å². The summed E-state index contributed by atoms with van der Waals surface area (Å²) in [6.07, 6.45) is 7.96. The standard InChI is InChI=1S/C16H26N4O2/c1-12-17-15(19-18-12)13-7-3-6-10-20(13)14(21)11-16(22)8-4-2-5-9-16/h13,22H,2-11H2,1H3,(H,17,18,19)/t13-/m0/s1. The monoisotopic (exact) mass is 306 g/mol. The van der Waals surface area contributed by atoms with Crippen LogP contribution in [0.15, 0.2) is 0 Å². The van der Waals surface area contributed by atoms with E-state index in [2.05, 4.69) is 15.2 Å². The summed E-state index contributed by atoms with van der Waals surface area (Å²) in [5.74, 6) is 1.54. The molecule has 0 unspecified atom stereocenters. The SMILES string of the molecule is Cc1nc([C@@H]2CCCCN2C(=O)CC2(O)CCCCC2)n[nH]1. The molecule has 1 aliphatic carbocycles. The lowest BCUT2D eigenvalue weighted by Gasteiger charge is -2.38. The molecular weight excluding hydrogens is 280 g/mol. The number of aryl methyl sites for hydroxylation is 1. The lowest BCUT2D eigenvalue weighted by Crippen LogP contribution is -2.44. The van der Waals surface area contributed by atoms with E-state index in [9.17, 15) is 9.90 Å². The Kier molecular flexibility index (Phi) is 4.47. The van der Waals surface area contributed by atoms with E-state index in [0.717, 1.165) is 57.3 Å². The zero-order valence-electron chi connectivity index (χ0n) is 13.3. The number of rotatable bonds is 3. The van der Waals surface area contributed by atoms with Gasteiger partial charge in [-0.25, -0.2) is 4.98 Å². The Morgan fingerprint density at radius 2 is 2.09 bits per heavy atom. The molecular formula is C16H26N4O2. The second-order valence-electron chi connectivity index (χ2n) is 6.84. The Morgan fingerprint density at radius 3 is 2.77 bits per heavy atom. The maximum atomic E-state index is 12.8. The van der Waals surface area contributed by atoms with Gasteiger partial charge in [-0.1, -0.05) is 19.3 Å².